The third-order valence-electron chi connectivity index (χ3n) is 3.92. The van der Waals surface area contributed by atoms with Crippen LogP contribution in [0, 0.1) is 11.8 Å². The van der Waals surface area contributed by atoms with Crippen molar-refractivity contribution >= 4 is 17.5 Å². The van der Waals surface area contributed by atoms with E-state index in [1.807, 2.05) is 0 Å². The minimum atomic E-state index is -0.378. The van der Waals surface area contributed by atoms with E-state index in [9.17, 15) is 4.79 Å². The third-order valence-corrected chi connectivity index (χ3v) is 3.92. The van der Waals surface area contributed by atoms with Crippen molar-refractivity contribution in [3.63, 3.8) is 0 Å². The zero-order chi connectivity index (χ0) is 15.4. The van der Waals surface area contributed by atoms with Crippen molar-refractivity contribution in [2.75, 3.05) is 17.7 Å². The van der Waals surface area contributed by atoms with Crippen LogP contribution in [0.1, 0.15) is 50.4 Å². The summed E-state index contributed by atoms with van der Waals surface area (Å²) in [6.45, 7) is 6.67. The Labute approximate surface area is 126 Å². The average Bonchev–Trinajstić information content (AvgIpc) is 2.40. The van der Waals surface area contributed by atoms with Gasteiger partial charge in [-0.15, -0.1) is 0 Å². The SMILES string of the molecule is CCOC(=O)c1cc(N)cnc1NC1CC(C)CC(C)C1. The van der Waals surface area contributed by atoms with Crippen LogP contribution in [0.3, 0.4) is 0 Å². The van der Waals surface area contributed by atoms with Crippen molar-refractivity contribution in [3.05, 3.63) is 17.8 Å². The molecule has 0 saturated heterocycles. The lowest BCUT2D eigenvalue weighted by atomic mass is 9.80. The zero-order valence-electron chi connectivity index (χ0n) is 13.1. The van der Waals surface area contributed by atoms with E-state index in [1.165, 1.54) is 6.42 Å². The number of carbonyl (C=O) groups excluding carboxylic acids is 1. The summed E-state index contributed by atoms with van der Waals surface area (Å²) in [6, 6.07) is 1.97. The molecule has 5 nitrogen and oxygen atoms in total. The van der Waals surface area contributed by atoms with Gasteiger partial charge in [0.1, 0.15) is 11.4 Å². The number of nitrogen functional groups attached to an aromatic ring is 1. The van der Waals surface area contributed by atoms with Crippen molar-refractivity contribution in [2.24, 2.45) is 11.8 Å². The normalized spacial score (nSPS) is 25.4. The Balaban J connectivity index is 2.17. The standard InChI is InChI=1S/C16H25N3O2/c1-4-21-16(20)14-8-12(17)9-18-15(14)19-13-6-10(2)5-11(3)7-13/h8-11,13H,4-7,17H2,1-3H3,(H,18,19). The molecule has 5 heteroatoms. The number of hydrogen-bond donors (Lipinski definition) is 2. The zero-order valence-corrected chi connectivity index (χ0v) is 13.1. The van der Waals surface area contributed by atoms with Gasteiger partial charge in [0.2, 0.25) is 0 Å². The molecule has 1 saturated carbocycles. The van der Waals surface area contributed by atoms with Crippen LogP contribution in [0.2, 0.25) is 0 Å². The van der Waals surface area contributed by atoms with Gasteiger partial charge in [-0.25, -0.2) is 9.78 Å². The first-order chi connectivity index (χ1) is 9.99. The van der Waals surface area contributed by atoms with E-state index in [-0.39, 0.29) is 5.97 Å². The van der Waals surface area contributed by atoms with E-state index in [2.05, 4.69) is 24.1 Å². The first-order valence-electron chi connectivity index (χ1n) is 7.68. The summed E-state index contributed by atoms with van der Waals surface area (Å²) >= 11 is 0. The summed E-state index contributed by atoms with van der Waals surface area (Å²) in [4.78, 5) is 16.3. The molecule has 2 atom stereocenters. The maximum atomic E-state index is 12.0. The number of esters is 1. The van der Waals surface area contributed by atoms with Crippen LogP contribution in [0.15, 0.2) is 12.3 Å². The summed E-state index contributed by atoms with van der Waals surface area (Å²) in [7, 11) is 0. The van der Waals surface area contributed by atoms with Crippen LogP contribution in [-0.2, 0) is 4.74 Å². The molecule has 1 aromatic rings. The van der Waals surface area contributed by atoms with Crippen LogP contribution in [0.25, 0.3) is 0 Å². The maximum Gasteiger partial charge on any atom is 0.341 e. The van der Waals surface area contributed by atoms with Gasteiger partial charge in [0.25, 0.3) is 0 Å². The molecule has 3 N–H and O–H groups in total. The summed E-state index contributed by atoms with van der Waals surface area (Å²) in [5, 5.41) is 3.41. The monoisotopic (exact) mass is 291 g/mol. The second-order valence-corrected chi connectivity index (χ2v) is 6.14. The average molecular weight is 291 g/mol. The highest BCUT2D eigenvalue weighted by Gasteiger charge is 2.25. The fraction of sp³-hybridized carbons (Fsp3) is 0.625. The van der Waals surface area contributed by atoms with Gasteiger partial charge in [0.05, 0.1) is 18.5 Å². The molecule has 0 bridgehead atoms. The number of nitrogens with zero attached hydrogens (tertiary/aromatic N) is 1. The molecule has 1 heterocycles. The van der Waals surface area contributed by atoms with E-state index >= 15 is 0 Å². The molecule has 116 valence electrons. The second kappa shape index (κ2) is 6.78. The van der Waals surface area contributed by atoms with Gasteiger partial charge in [-0.05, 0) is 44.1 Å². The van der Waals surface area contributed by atoms with Gasteiger partial charge in [-0.2, -0.15) is 0 Å². The molecule has 1 aromatic heterocycles. The van der Waals surface area contributed by atoms with E-state index in [0.29, 0.717) is 41.6 Å². The molecule has 1 aliphatic rings. The molecule has 0 amide bonds. The van der Waals surface area contributed by atoms with Gasteiger partial charge < -0.3 is 15.8 Å². The molecule has 1 fully saturated rings. The Kier molecular flexibility index (Phi) is 5.04. The number of nitrogens with two attached hydrogens (primary N) is 1. The van der Waals surface area contributed by atoms with Crippen molar-refractivity contribution in [1.82, 2.24) is 4.98 Å². The minimum Gasteiger partial charge on any atom is -0.462 e. The van der Waals surface area contributed by atoms with E-state index in [0.717, 1.165) is 12.8 Å². The van der Waals surface area contributed by atoms with Crippen LogP contribution in [-0.4, -0.2) is 23.6 Å². The number of aromatic nitrogens is 1. The molecule has 0 aliphatic heterocycles. The highest BCUT2D eigenvalue weighted by molar-refractivity contribution is 5.95. The Bertz CT molecular complexity index is 494. The van der Waals surface area contributed by atoms with Crippen LogP contribution in [0.4, 0.5) is 11.5 Å². The lowest BCUT2D eigenvalue weighted by Gasteiger charge is -2.32. The lowest BCUT2D eigenvalue weighted by molar-refractivity contribution is 0.0527. The number of ether oxygens (including phenoxy) is 1. The molecule has 21 heavy (non-hydrogen) atoms. The predicted molar refractivity (Wildman–Crippen MR) is 84.2 cm³/mol. The molecule has 2 unspecified atom stereocenters. The lowest BCUT2D eigenvalue weighted by Crippen LogP contribution is -2.31. The summed E-state index contributed by atoms with van der Waals surface area (Å²) in [5.41, 5.74) is 6.63. The van der Waals surface area contributed by atoms with Crippen molar-refractivity contribution in [3.8, 4) is 0 Å². The second-order valence-electron chi connectivity index (χ2n) is 6.14. The molecule has 0 aromatic carbocycles. The quantitative estimate of drug-likeness (QED) is 0.834. The number of nitrogens with one attached hydrogen (secondary N) is 1. The molecule has 0 spiro atoms. The molecule has 0 radical (unpaired) electrons. The van der Waals surface area contributed by atoms with Gasteiger partial charge in [0, 0.05) is 6.04 Å². The fourth-order valence-corrected chi connectivity index (χ4v) is 3.22. The van der Waals surface area contributed by atoms with E-state index in [1.54, 1.807) is 19.2 Å². The first kappa shape index (κ1) is 15.6. The highest BCUT2D eigenvalue weighted by atomic mass is 16.5. The third kappa shape index (κ3) is 4.09. The Morgan fingerprint density at radius 1 is 1.38 bits per heavy atom. The Morgan fingerprint density at radius 2 is 2.05 bits per heavy atom. The maximum absolute atomic E-state index is 12.0. The van der Waals surface area contributed by atoms with Gasteiger partial charge >= 0.3 is 5.97 Å². The topological polar surface area (TPSA) is 77.2 Å². The van der Waals surface area contributed by atoms with Crippen molar-refractivity contribution in [2.45, 2.75) is 46.1 Å². The molecular weight excluding hydrogens is 266 g/mol. The summed E-state index contributed by atoms with van der Waals surface area (Å²) < 4.78 is 5.08. The van der Waals surface area contributed by atoms with Crippen LogP contribution in [0.5, 0.6) is 0 Å². The van der Waals surface area contributed by atoms with Crippen LogP contribution < -0.4 is 11.1 Å². The van der Waals surface area contributed by atoms with Crippen molar-refractivity contribution < 1.29 is 9.53 Å². The van der Waals surface area contributed by atoms with Crippen LogP contribution >= 0.6 is 0 Å². The number of anilines is 2. The predicted octanol–water partition coefficient (Wildman–Crippen LogP) is 3.08. The highest BCUT2D eigenvalue weighted by Crippen LogP contribution is 2.31. The Hall–Kier alpha value is -1.78. The van der Waals surface area contributed by atoms with Gasteiger partial charge in [-0.1, -0.05) is 13.8 Å². The summed E-state index contributed by atoms with van der Waals surface area (Å²) in [6.07, 6.45) is 5.02. The van der Waals surface area contributed by atoms with E-state index in [4.69, 9.17) is 10.5 Å². The number of pyridine rings is 1. The largest absolute Gasteiger partial charge is 0.462 e. The molecular formula is C16H25N3O2. The van der Waals surface area contributed by atoms with E-state index < -0.39 is 0 Å². The summed E-state index contributed by atoms with van der Waals surface area (Å²) in [5.74, 6) is 1.57. The first-order valence-corrected chi connectivity index (χ1v) is 7.68. The number of carbonyl (C=O) groups is 1. The van der Waals surface area contributed by atoms with Crippen molar-refractivity contribution in [1.29, 1.82) is 0 Å². The smallest absolute Gasteiger partial charge is 0.341 e. The number of rotatable bonds is 4. The molecule has 1 aliphatic carbocycles. The number of hydrogen-bond acceptors (Lipinski definition) is 5. The minimum absolute atomic E-state index is 0.338. The fourth-order valence-electron chi connectivity index (χ4n) is 3.22. The van der Waals surface area contributed by atoms with Gasteiger partial charge in [0.15, 0.2) is 0 Å². The molecule has 2 rings (SSSR count). The Morgan fingerprint density at radius 3 is 2.67 bits per heavy atom. The van der Waals surface area contributed by atoms with Gasteiger partial charge in [-0.3, -0.25) is 0 Å².